The summed E-state index contributed by atoms with van der Waals surface area (Å²) in [6.07, 6.45) is 2.47. The standard InChI is InChI=1S/C12H8Cl2N2O3/c13-7-2-9(14)11(18)10(3-7)16-12(19)6-1-8(17)5-15-4-6/h1-5,17-18H,(H,16,19). The van der Waals surface area contributed by atoms with E-state index >= 15 is 0 Å². The number of phenols is 1. The lowest BCUT2D eigenvalue weighted by Gasteiger charge is -2.09. The molecule has 0 saturated heterocycles. The summed E-state index contributed by atoms with van der Waals surface area (Å²) in [5, 5.41) is 21.7. The summed E-state index contributed by atoms with van der Waals surface area (Å²) in [5.74, 6) is -0.981. The van der Waals surface area contributed by atoms with Crippen LogP contribution in [0.2, 0.25) is 10.0 Å². The van der Waals surface area contributed by atoms with Crippen LogP contribution < -0.4 is 5.32 Å². The van der Waals surface area contributed by atoms with Gasteiger partial charge in [0.2, 0.25) is 0 Å². The lowest BCUT2D eigenvalue weighted by atomic mass is 10.2. The lowest BCUT2D eigenvalue weighted by Crippen LogP contribution is -2.12. The van der Waals surface area contributed by atoms with E-state index < -0.39 is 5.91 Å². The van der Waals surface area contributed by atoms with Gasteiger partial charge < -0.3 is 15.5 Å². The van der Waals surface area contributed by atoms with Crippen LogP contribution in [-0.2, 0) is 0 Å². The molecule has 7 heteroatoms. The largest absolute Gasteiger partial charge is 0.506 e. The number of hydrogen-bond donors (Lipinski definition) is 3. The van der Waals surface area contributed by atoms with Crippen molar-refractivity contribution in [1.29, 1.82) is 0 Å². The number of nitrogens with one attached hydrogen (secondary N) is 1. The van der Waals surface area contributed by atoms with Crippen molar-refractivity contribution in [3.05, 3.63) is 46.2 Å². The number of carbonyl (C=O) groups excluding carboxylic acids is 1. The zero-order valence-electron chi connectivity index (χ0n) is 9.39. The van der Waals surface area contributed by atoms with Gasteiger partial charge in [-0.25, -0.2) is 0 Å². The van der Waals surface area contributed by atoms with E-state index in [-0.39, 0.29) is 32.8 Å². The van der Waals surface area contributed by atoms with E-state index in [4.69, 9.17) is 23.2 Å². The highest BCUT2D eigenvalue weighted by atomic mass is 35.5. The van der Waals surface area contributed by atoms with Gasteiger partial charge in [-0.3, -0.25) is 9.78 Å². The molecule has 3 N–H and O–H groups in total. The predicted octanol–water partition coefficient (Wildman–Crippen LogP) is 3.05. The van der Waals surface area contributed by atoms with Crippen LogP contribution in [-0.4, -0.2) is 21.1 Å². The number of amides is 1. The number of aromatic hydroxyl groups is 2. The molecule has 0 bridgehead atoms. The number of pyridine rings is 1. The Balaban J connectivity index is 2.29. The van der Waals surface area contributed by atoms with E-state index in [1.54, 1.807) is 0 Å². The van der Waals surface area contributed by atoms with Crippen LogP contribution in [0.1, 0.15) is 10.4 Å². The fourth-order valence-electron chi connectivity index (χ4n) is 1.41. The maximum atomic E-state index is 11.9. The van der Waals surface area contributed by atoms with Crippen LogP contribution in [0, 0.1) is 0 Å². The summed E-state index contributed by atoms with van der Waals surface area (Å²) in [4.78, 5) is 15.6. The summed E-state index contributed by atoms with van der Waals surface area (Å²) < 4.78 is 0. The van der Waals surface area contributed by atoms with Gasteiger partial charge in [0.25, 0.3) is 5.91 Å². The molecule has 5 nitrogen and oxygen atoms in total. The number of phenolic OH excluding ortho intramolecular Hbond substituents is 1. The average molecular weight is 299 g/mol. The van der Waals surface area contributed by atoms with Crippen molar-refractivity contribution in [2.24, 2.45) is 0 Å². The lowest BCUT2D eigenvalue weighted by molar-refractivity contribution is 0.102. The highest BCUT2D eigenvalue weighted by Crippen LogP contribution is 2.35. The molecular weight excluding hydrogens is 291 g/mol. The van der Waals surface area contributed by atoms with Gasteiger partial charge in [0.1, 0.15) is 5.75 Å². The number of benzene rings is 1. The molecule has 1 aromatic carbocycles. The van der Waals surface area contributed by atoms with Gasteiger partial charge in [-0.05, 0) is 18.2 Å². The Labute approximate surface area is 118 Å². The molecule has 0 spiro atoms. The molecule has 98 valence electrons. The molecule has 1 aromatic heterocycles. The van der Waals surface area contributed by atoms with Crippen molar-refractivity contribution in [3.8, 4) is 11.5 Å². The van der Waals surface area contributed by atoms with E-state index in [0.717, 1.165) is 0 Å². The summed E-state index contributed by atoms with van der Waals surface area (Å²) in [7, 11) is 0. The molecule has 1 amide bonds. The molecule has 0 aliphatic heterocycles. The van der Waals surface area contributed by atoms with Crippen LogP contribution >= 0.6 is 23.2 Å². The molecule has 0 atom stereocenters. The normalized spacial score (nSPS) is 10.2. The topological polar surface area (TPSA) is 82.5 Å². The second-order valence-corrected chi connectivity index (χ2v) is 4.51. The summed E-state index contributed by atoms with van der Waals surface area (Å²) in [5.41, 5.74) is 0.210. The van der Waals surface area contributed by atoms with Crippen molar-refractivity contribution in [1.82, 2.24) is 4.98 Å². The maximum absolute atomic E-state index is 11.9. The van der Waals surface area contributed by atoms with E-state index in [1.165, 1.54) is 30.6 Å². The Hall–Kier alpha value is -1.98. The Bertz CT molecular complexity index is 647. The number of hydrogen-bond acceptors (Lipinski definition) is 4. The first kappa shape index (κ1) is 13.5. The minimum Gasteiger partial charge on any atom is -0.506 e. The number of halogens is 2. The zero-order chi connectivity index (χ0) is 14.0. The molecule has 0 aliphatic rings. The Kier molecular flexibility index (Phi) is 3.78. The number of nitrogens with zero attached hydrogens (tertiary/aromatic N) is 1. The number of rotatable bonds is 2. The third kappa shape index (κ3) is 3.07. The highest BCUT2D eigenvalue weighted by Gasteiger charge is 2.13. The Morgan fingerprint density at radius 3 is 2.58 bits per heavy atom. The van der Waals surface area contributed by atoms with Gasteiger partial charge in [-0.2, -0.15) is 0 Å². The minimum atomic E-state index is -0.558. The van der Waals surface area contributed by atoms with Crippen LogP contribution in [0.3, 0.4) is 0 Å². The van der Waals surface area contributed by atoms with Crippen LogP contribution in [0.25, 0.3) is 0 Å². The Morgan fingerprint density at radius 1 is 1.16 bits per heavy atom. The molecule has 19 heavy (non-hydrogen) atoms. The third-order valence-electron chi connectivity index (χ3n) is 2.26. The molecule has 2 rings (SSSR count). The molecule has 1 heterocycles. The van der Waals surface area contributed by atoms with Gasteiger partial charge in [-0.15, -0.1) is 0 Å². The first-order valence-corrected chi connectivity index (χ1v) is 5.86. The fourth-order valence-corrected chi connectivity index (χ4v) is 1.90. The van der Waals surface area contributed by atoms with E-state index in [0.29, 0.717) is 0 Å². The first-order chi connectivity index (χ1) is 8.97. The van der Waals surface area contributed by atoms with Gasteiger partial charge in [-0.1, -0.05) is 23.2 Å². The second kappa shape index (κ2) is 5.34. The van der Waals surface area contributed by atoms with Crippen molar-refractivity contribution in [3.63, 3.8) is 0 Å². The average Bonchev–Trinajstić information content (AvgIpc) is 2.35. The van der Waals surface area contributed by atoms with Gasteiger partial charge in [0.15, 0.2) is 5.75 Å². The highest BCUT2D eigenvalue weighted by molar-refractivity contribution is 6.36. The summed E-state index contributed by atoms with van der Waals surface area (Å²) >= 11 is 11.5. The van der Waals surface area contributed by atoms with Gasteiger partial charge in [0, 0.05) is 11.2 Å². The van der Waals surface area contributed by atoms with Crippen molar-refractivity contribution >= 4 is 34.8 Å². The maximum Gasteiger partial charge on any atom is 0.257 e. The second-order valence-electron chi connectivity index (χ2n) is 3.67. The predicted molar refractivity (Wildman–Crippen MR) is 72.0 cm³/mol. The van der Waals surface area contributed by atoms with Crippen LogP contribution in [0.15, 0.2) is 30.6 Å². The molecule has 0 unspecified atom stereocenters. The third-order valence-corrected chi connectivity index (χ3v) is 2.77. The quantitative estimate of drug-likeness (QED) is 0.744. The van der Waals surface area contributed by atoms with Crippen LogP contribution in [0.5, 0.6) is 11.5 Å². The zero-order valence-corrected chi connectivity index (χ0v) is 10.9. The van der Waals surface area contributed by atoms with E-state index in [2.05, 4.69) is 10.3 Å². The SMILES string of the molecule is O=C(Nc1cc(Cl)cc(Cl)c1O)c1cncc(O)c1. The Morgan fingerprint density at radius 2 is 1.89 bits per heavy atom. The van der Waals surface area contributed by atoms with Crippen LogP contribution in [0.4, 0.5) is 5.69 Å². The van der Waals surface area contributed by atoms with E-state index in [1.807, 2.05) is 0 Å². The minimum absolute atomic E-state index is 0.0248. The number of aromatic nitrogens is 1. The summed E-state index contributed by atoms with van der Waals surface area (Å²) in [6.45, 7) is 0. The molecule has 2 aromatic rings. The summed E-state index contributed by atoms with van der Waals surface area (Å²) in [6, 6.07) is 3.95. The number of anilines is 1. The molecule has 0 aliphatic carbocycles. The molecule has 0 radical (unpaired) electrons. The number of carbonyl (C=O) groups is 1. The van der Waals surface area contributed by atoms with Gasteiger partial charge in [0.05, 0.1) is 22.5 Å². The van der Waals surface area contributed by atoms with Crippen molar-refractivity contribution in [2.45, 2.75) is 0 Å². The molecule has 0 saturated carbocycles. The monoisotopic (exact) mass is 298 g/mol. The fraction of sp³-hybridized carbons (Fsp3) is 0. The van der Waals surface area contributed by atoms with E-state index in [9.17, 15) is 15.0 Å². The van der Waals surface area contributed by atoms with Crippen molar-refractivity contribution < 1.29 is 15.0 Å². The first-order valence-electron chi connectivity index (χ1n) is 5.11. The smallest absolute Gasteiger partial charge is 0.257 e. The van der Waals surface area contributed by atoms with Gasteiger partial charge >= 0.3 is 0 Å². The van der Waals surface area contributed by atoms with Crippen molar-refractivity contribution in [2.75, 3.05) is 5.32 Å². The molecular formula is C12H8Cl2N2O3. The molecule has 0 fully saturated rings.